The first-order chi connectivity index (χ1) is 14.6. The van der Waals surface area contributed by atoms with Gasteiger partial charge in [-0.3, -0.25) is 4.79 Å². The van der Waals surface area contributed by atoms with E-state index in [4.69, 9.17) is 0 Å². The van der Waals surface area contributed by atoms with Crippen LogP contribution in [-0.2, 0) is 11.3 Å². The smallest absolute Gasteiger partial charge is 0.291 e. The van der Waals surface area contributed by atoms with Crippen molar-refractivity contribution in [1.82, 2.24) is 19.8 Å². The second-order valence-corrected chi connectivity index (χ2v) is 8.34. The van der Waals surface area contributed by atoms with Crippen LogP contribution in [0.15, 0.2) is 59.8 Å². The van der Waals surface area contributed by atoms with Crippen LogP contribution < -0.4 is 5.32 Å². The van der Waals surface area contributed by atoms with Crippen LogP contribution in [0.3, 0.4) is 0 Å². The van der Waals surface area contributed by atoms with E-state index in [0.717, 1.165) is 25.2 Å². The highest BCUT2D eigenvalue weighted by Crippen LogP contribution is 2.28. The van der Waals surface area contributed by atoms with Gasteiger partial charge in [0.25, 0.3) is 5.76 Å². The van der Waals surface area contributed by atoms with Gasteiger partial charge >= 0.3 is 0 Å². The number of benzene rings is 2. The quantitative estimate of drug-likeness (QED) is 0.541. The third-order valence-electron chi connectivity index (χ3n) is 5.29. The number of likely N-dealkylation sites (tertiary alicyclic amines) is 1. The average Bonchev–Trinajstić information content (AvgIpc) is 3.36. The van der Waals surface area contributed by atoms with E-state index in [2.05, 4.69) is 15.2 Å². The molecule has 0 bridgehead atoms. The molecule has 5 nitrogen and oxygen atoms in total. The molecule has 2 heterocycles. The van der Waals surface area contributed by atoms with Gasteiger partial charge in [0.1, 0.15) is 6.54 Å². The Hall–Kier alpha value is -2.45. The molecule has 8 heteroatoms. The Bertz CT molecular complexity index is 989. The summed E-state index contributed by atoms with van der Waals surface area (Å²) in [5.74, 6) is -2.82. The molecule has 0 saturated carbocycles. The molecule has 1 atom stereocenters. The lowest BCUT2D eigenvalue weighted by molar-refractivity contribution is -0.122. The number of nitrogens with zero attached hydrogens (tertiary/aromatic N) is 3. The highest BCUT2D eigenvalue weighted by atomic mass is 32.2. The summed E-state index contributed by atoms with van der Waals surface area (Å²) in [4.78, 5) is 19.6. The van der Waals surface area contributed by atoms with E-state index in [-0.39, 0.29) is 23.7 Å². The topological polar surface area (TPSA) is 50.2 Å². The summed E-state index contributed by atoms with van der Waals surface area (Å²) in [6.45, 7) is 2.74. The van der Waals surface area contributed by atoms with E-state index in [1.807, 2.05) is 36.4 Å². The SMILES string of the molecule is O=C(Cn1c(SC(F)F)nc2ccccc21)NC(CN1CCCC1)c1ccccc1. The molecular weight excluding hydrogens is 406 g/mol. The molecule has 1 aliphatic rings. The Kier molecular flexibility index (Phi) is 6.64. The highest BCUT2D eigenvalue weighted by Gasteiger charge is 2.22. The van der Waals surface area contributed by atoms with Crippen LogP contribution in [0.4, 0.5) is 8.78 Å². The van der Waals surface area contributed by atoms with Crippen molar-refractivity contribution in [3.8, 4) is 0 Å². The minimum absolute atomic E-state index is 0.0566. The number of amides is 1. The number of hydrogen-bond donors (Lipinski definition) is 1. The van der Waals surface area contributed by atoms with Crippen LogP contribution >= 0.6 is 11.8 Å². The van der Waals surface area contributed by atoms with Gasteiger partial charge in [0, 0.05) is 6.54 Å². The van der Waals surface area contributed by atoms with E-state index < -0.39 is 5.76 Å². The summed E-state index contributed by atoms with van der Waals surface area (Å²) in [6.07, 6.45) is 2.34. The second kappa shape index (κ2) is 9.57. The fourth-order valence-electron chi connectivity index (χ4n) is 3.90. The van der Waals surface area contributed by atoms with Gasteiger partial charge in [-0.2, -0.15) is 8.78 Å². The summed E-state index contributed by atoms with van der Waals surface area (Å²) in [7, 11) is 0. The van der Waals surface area contributed by atoms with Gasteiger partial charge in [-0.15, -0.1) is 0 Å². The summed E-state index contributed by atoms with van der Waals surface area (Å²) in [6, 6.07) is 16.9. The molecule has 0 aliphatic carbocycles. The zero-order valence-corrected chi connectivity index (χ0v) is 17.3. The third kappa shape index (κ3) is 4.99. The van der Waals surface area contributed by atoms with Crippen molar-refractivity contribution in [2.24, 2.45) is 0 Å². The maximum atomic E-state index is 13.0. The first kappa shape index (κ1) is 20.8. The number of thioether (sulfide) groups is 1. The number of alkyl halides is 2. The van der Waals surface area contributed by atoms with Gasteiger partial charge in [-0.25, -0.2) is 4.98 Å². The predicted molar refractivity (Wildman–Crippen MR) is 115 cm³/mol. The molecule has 1 N–H and O–H groups in total. The largest absolute Gasteiger partial charge is 0.346 e. The van der Waals surface area contributed by atoms with Crippen molar-refractivity contribution < 1.29 is 13.6 Å². The van der Waals surface area contributed by atoms with Crippen molar-refractivity contribution in [2.45, 2.75) is 36.3 Å². The van der Waals surface area contributed by atoms with Crippen LogP contribution in [-0.4, -0.2) is 45.7 Å². The maximum absolute atomic E-state index is 13.0. The Morgan fingerprint density at radius 2 is 1.77 bits per heavy atom. The van der Waals surface area contributed by atoms with Crippen LogP contribution in [0.2, 0.25) is 0 Å². The Morgan fingerprint density at radius 1 is 1.07 bits per heavy atom. The first-order valence-electron chi connectivity index (χ1n) is 10.1. The molecule has 4 rings (SSSR count). The number of carbonyl (C=O) groups excluding carboxylic acids is 1. The lowest BCUT2D eigenvalue weighted by Gasteiger charge is -2.25. The van der Waals surface area contributed by atoms with Gasteiger partial charge in [0.05, 0.1) is 17.1 Å². The van der Waals surface area contributed by atoms with E-state index in [1.54, 1.807) is 22.8 Å². The fraction of sp³-hybridized carbons (Fsp3) is 0.364. The number of halogens is 2. The van der Waals surface area contributed by atoms with Gasteiger partial charge < -0.3 is 14.8 Å². The minimum atomic E-state index is -2.60. The monoisotopic (exact) mass is 430 g/mol. The molecule has 0 radical (unpaired) electrons. The number of aromatic nitrogens is 2. The predicted octanol–water partition coefficient (Wildman–Crippen LogP) is 4.30. The lowest BCUT2D eigenvalue weighted by atomic mass is 10.1. The zero-order chi connectivity index (χ0) is 20.9. The van der Waals surface area contributed by atoms with Crippen LogP contribution in [0.25, 0.3) is 11.0 Å². The van der Waals surface area contributed by atoms with Crippen LogP contribution in [0.1, 0.15) is 24.4 Å². The van der Waals surface area contributed by atoms with Gasteiger partial charge in [0.2, 0.25) is 5.91 Å². The molecule has 0 spiro atoms. The summed E-state index contributed by atoms with van der Waals surface area (Å²) >= 11 is 0.364. The molecule has 158 valence electrons. The number of nitrogens with one attached hydrogen (secondary N) is 1. The summed E-state index contributed by atoms with van der Waals surface area (Å²) in [5, 5.41) is 3.27. The Morgan fingerprint density at radius 3 is 2.50 bits per heavy atom. The molecule has 1 amide bonds. The number of carbonyl (C=O) groups is 1. The number of hydrogen-bond acceptors (Lipinski definition) is 4. The van der Waals surface area contributed by atoms with Crippen molar-refractivity contribution >= 4 is 28.7 Å². The molecular formula is C22H24F2N4OS. The summed E-state index contributed by atoms with van der Waals surface area (Å²) in [5.41, 5.74) is 2.31. The standard InChI is InChI=1S/C22H24F2N4OS/c23-21(24)30-22-26-17-10-4-5-11-19(17)28(22)15-20(29)25-18(14-27-12-6-7-13-27)16-8-2-1-3-9-16/h1-5,8-11,18,21H,6-7,12-15H2,(H,25,29). The molecule has 1 unspecified atom stereocenters. The molecule has 2 aromatic carbocycles. The number of fused-ring (bicyclic) bond motifs is 1. The zero-order valence-electron chi connectivity index (χ0n) is 16.5. The molecule has 1 fully saturated rings. The van der Waals surface area contributed by atoms with E-state index in [9.17, 15) is 13.6 Å². The second-order valence-electron chi connectivity index (χ2n) is 7.39. The summed E-state index contributed by atoms with van der Waals surface area (Å²) < 4.78 is 27.6. The number of para-hydroxylation sites is 2. The molecule has 30 heavy (non-hydrogen) atoms. The first-order valence-corrected chi connectivity index (χ1v) is 10.9. The molecule has 1 saturated heterocycles. The Balaban J connectivity index is 1.54. The van der Waals surface area contributed by atoms with E-state index in [1.165, 1.54) is 12.8 Å². The lowest BCUT2D eigenvalue weighted by Crippen LogP contribution is -2.38. The highest BCUT2D eigenvalue weighted by molar-refractivity contribution is 7.99. The van der Waals surface area contributed by atoms with Gasteiger partial charge in [-0.1, -0.05) is 42.5 Å². The van der Waals surface area contributed by atoms with Crippen molar-refractivity contribution in [3.05, 3.63) is 60.2 Å². The molecule has 1 aromatic heterocycles. The molecule has 3 aromatic rings. The third-order valence-corrected chi connectivity index (χ3v) is 5.99. The van der Waals surface area contributed by atoms with Crippen LogP contribution in [0.5, 0.6) is 0 Å². The number of rotatable bonds is 8. The normalized spacial score (nSPS) is 15.7. The maximum Gasteiger partial charge on any atom is 0.291 e. The Labute approximate surface area is 178 Å². The number of imidazole rings is 1. The van der Waals surface area contributed by atoms with Gasteiger partial charge in [-0.05, 0) is 55.4 Å². The van der Waals surface area contributed by atoms with Crippen LogP contribution in [0, 0.1) is 0 Å². The van der Waals surface area contributed by atoms with E-state index >= 15 is 0 Å². The van der Waals surface area contributed by atoms with Crippen molar-refractivity contribution in [1.29, 1.82) is 0 Å². The minimum Gasteiger partial charge on any atom is -0.346 e. The van der Waals surface area contributed by atoms with E-state index in [0.29, 0.717) is 22.8 Å². The fourth-order valence-corrected chi connectivity index (χ4v) is 4.50. The van der Waals surface area contributed by atoms with Crippen molar-refractivity contribution in [2.75, 3.05) is 19.6 Å². The molecule has 1 aliphatic heterocycles. The van der Waals surface area contributed by atoms with Crippen molar-refractivity contribution in [3.63, 3.8) is 0 Å². The average molecular weight is 431 g/mol. The van der Waals surface area contributed by atoms with Gasteiger partial charge in [0.15, 0.2) is 5.16 Å².